The van der Waals surface area contributed by atoms with Crippen molar-refractivity contribution in [2.75, 3.05) is 6.61 Å². The molecule has 0 unspecified atom stereocenters. The third-order valence-electron chi connectivity index (χ3n) is 19.2. The summed E-state index contributed by atoms with van der Waals surface area (Å²) >= 11 is 0. The third-order valence-corrected chi connectivity index (χ3v) is 19.2. The Morgan fingerprint density at radius 2 is 1.15 bits per heavy atom. The highest BCUT2D eigenvalue weighted by atomic mass is 16.8. The predicted octanol–water partition coefficient (Wildman–Crippen LogP) is 1.22. The van der Waals surface area contributed by atoms with Gasteiger partial charge in [-0.1, -0.05) is 34.6 Å². The van der Waals surface area contributed by atoms with E-state index in [9.17, 15) is 56.2 Å². The molecule has 11 N–H and O–H groups in total. The molecule has 25 atom stereocenters. The van der Waals surface area contributed by atoms with Crippen molar-refractivity contribution in [1.82, 2.24) is 0 Å². The summed E-state index contributed by atoms with van der Waals surface area (Å²) in [5.74, 6) is 0.976. The van der Waals surface area contributed by atoms with Crippen molar-refractivity contribution in [2.45, 2.75) is 249 Å². The molecule has 65 heavy (non-hydrogen) atoms. The standard InChI is InChI=1S/C48H84O17/c1-22-31(51)34(54)36(56)40(60-22)64-38-33(53)26(21-49)62-42(39(38)65-41-37(57)35(55)32(52)23(2)61-41)63-30-16-17-45(7)27(43(30,3)4)14-19-47(9)28(45)12-11-24-25(13-18-46(24,47)8)48(10,59)20-15-29(50)44(5,6)58/h22-42,49-59H,11-21H2,1-10H3/t22-,23-,24+,25-,26+,27-,28+,29+,30-,31-,32-,33+,34+,35+,36+,37+,38-,39+,40-,41-,42-,45-,46+,47+,48-/m0/s1. The Bertz CT molecular complexity index is 1630. The zero-order chi connectivity index (χ0) is 48.1. The summed E-state index contributed by atoms with van der Waals surface area (Å²) in [5.41, 5.74) is -2.80. The summed E-state index contributed by atoms with van der Waals surface area (Å²) in [7, 11) is 0. The fourth-order valence-electron chi connectivity index (χ4n) is 14.9. The van der Waals surface area contributed by atoms with E-state index in [1.54, 1.807) is 13.8 Å². The zero-order valence-corrected chi connectivity index (χ0v) is 40.3. The average molecular weight is 933 g/mol. The van der Waals surface area contributed by atoms with E-state index >= 15 is 0 Å². The van der Waals surface area contributed by atoms with Gasteiger partial charge in [0.1, 0.15) is 61.0 Å². The van der Waals surface area contributed by atoms with Gasteiger partial charge in [0.25, 0.3) is 0 Å². The van der Waals surface area contributed by atoms with Crippen LogP contribution < -0.4 is 0 Å². The van der Waals surface area contributed by atoms with Crippen molar-refractivity contribution in [1.29, 1.82) is 0 Å². The first-order chi connectivity index (χ1) is 30.0. The van der Waals surface area contributed by atoms with Gasteiger partial charge in [0, 0.05) is 0 Å². The lowest BCUT2D eigenvalue weighted by atomic mass is 9.35. The second-order valence-electron chi connectivity index (χ2n) is 23.6. The fourth-order valence-corrected chi connectivity index (χ4v) is 14.9. The molecule has 0 aromatic rings. The van der Waals surface area contributed by atoms with Crippen molar-refractivity contribution in [3.63, 3.8) is 0 Å². The molecule has 7 rings (SSSR count). The summed E-state index contributed by atoms with van der Waals surface area (Å²) in [4.78, 5) is 0. The molecule has 17 nitrogen and oxygen atoms in total. The first-order valence-electron chi connectivity index (χ1n) is 24.5. The predicted molar refractivity (Wildman–Crippen MR) is 232 cm³/mol. The van der Waals surface area contributed by atoms with Crippen molar-refractivity contribution < 1.29 is 84.6 Å². The van der Waals surface area contributed by atoms with Crippen LogP contribution in [0.25, 0.3) is 0 Å². The van der Waals surface area contributed by atoms with Crippen molar-refractivity contribution in [2.24, 2.45) is 45.3 Å². The Morgan fingerprint density at radius 3 is 1.71 bits per heavy atom. The molecule has 0 aromatic carbocycles. The minimum atomic E-state index is -1.76. The Morgan fingerprint density at radius 1 is 0.600 bits per heavy atom. The van der Waals surface area contributed by atoms with Crippen molar-refractivity contribution in [3.8, 4) is 0 Å². The second kappa shape index (κ2) is 18.5. The maximum absolute atomic E-state index is 12.0. The number of hydrogen-bond acceptors (Lipinski definition) is 17. The highest BCUT2D eigenvalue weighted by Gasteiger charge is 2.70. The molecule has 378 valence electrons. The van der Waals surface area contributed by atoms with Crippen LogP contribution in [0, 0.1) is 45.3 Å². The van der Waals surface area contributed by atoms with E-state index < -0.39 is 128 Å². The topological polar surface area (TPSA) is 278 Å². The summed E-state index contributed by atoms with van der Waals surface area (Å²) in [6.07, 6.45) is -15.5. The van der Waals surface area contributed by atoms with Gasteiger partial charge in [-0.3, -0.25) is 0 Å². The summed E-state index contributed by atoms with van der Waals surface area (Å²) in [6, 6.07) is 0. The number of hydrogen-bond donors (Lipinski definition) is 11. The van der Waals surface area contributed by atoms with Gasteiger partial charge < -0.3 is 84.6 Å². The van der Waals surface area contributed by atoms with Gasteiger partial charge in [0.2, 0.25) is 0 Å². The van der Waals surface area contributed by atoms with Crippen LogP contribution in [0.4, 0.5) is 0 Å². The molecule has 4 aliphatic carbocycles. The third kappa shape index (κ3) is 8.93. The molecule has 3 saturated heterocycles. The van der Waals surface area contributed by atoms with Crippen molar-refractivity contribution in [3.05, 3.63) is 0 Å². The van der Waals surface area contributed by atoms with Crippen LogP contribution in [0.1, 0.15) is 133 Å². The molecule has 3 heterocycles. The lowest BCUT2D eigenvalue weighted by Gasteiger charge is -2.70. The molecule has 0 amide bonds. The molecule has 0 aromatic heterocycles. The first kappa shape index (κ1) is 52.2. The minimum Gasteiger partial charge on any atom is -0.394 e. The largest absolute Gasteiger partial charge is 0.394 e. The number of aliphatic hydroxyl groups is 11. The van der Waals surface area contributed by atoms with E-state index in [-0.39, 0.29) is 28.1 Å². The molecule has 0 radical (unpaired) electrons. The van der Waals surface area contributed by atoms with Gasteiger partial charge >= 0.3 is 0 Å². The maximum atomic E-state index is 12.0. The summed E-state index contributed by atoms with van der Waals surface area (Å²) < 4.78 is 37.5. The maximum Gasteiger partial charge on any atom is 0.187 e. The van der Waals surface area contributed by atoms with Gasteiger partial charge in [0.15, 0.2) is 18.9 Å². The fraction of sp³-hybridized carbons (Fsp3) is 1.00. The van der Waals surface area contributed by atoms with Gasteiger partial charge in [-0.05, 0) is 144 Å². The van der Waals surface area contributed by atoms with Crippen LogP contribution in [-0.2, 0) is 28.4 Å². The SMILES string of the molecule is C[C@@H]1O[C@@H](O[C@H]2[C@H](O[C@H]3CC[C@]4(C)[C@H]5CC[C@@H]6[C@@H]([C@@](C)(O)CC[C@@H](O)C(C)(C)O)CC[C@@]6(C)[C@]5(C)CC[C@H]4C3(C)C)O[C@H](CO)[C@@H](O)[C@@H]2O[C@@H]2O[C@@H](C)[C@H](O)[C@@H](O)[C@H]2O)[C@H](O)[C@H](O)[C@H]1O. The van der Waals surface area contributed by atoms with E-state index in [1.807, 2.05) is 6.92 Å². The molecule has 0 spiro atoms. The molecular weight excluding hydrogens is 849 g/mol. The number of ether oxygens (including phenoxy) is 6. The molecule has 7 aliphatic rings. The van der Waals surface area contributed by atoms with E-state index in [0.717, 1.165) is 44.9 Å². The van der Waals surface area contributed by atoms with E-state index in [1.165, 1.54) is 13.8 Å². The zero-order valence-electron chi connectivity index (χ0n) is 40.3. The molecule has 17 heteroatoms. The van der Waals surface area contributed by atoms with Gasteiger partial charge in [0.05, 0.1) is 42.2 Å². The Hall–Kier alpha value is -0.680. The molecule has 7 fully saturated rings. The Balaban J connectivity index is 1.13. The van der Waals surface area contributed by atoms with Crippen LogP contribution in [0.2, 0.25) is 0 Å². The van der Waals surface area contributed by atoms with Gasteiger partial charge in [-0.25, -0.2) is 0 Å². The highest BCUT2D eigenvalue weighted by molar-refractivity contribution is 5.18. The number of fused-ring (bicyclic) bond motifs is 5. The lowest BCUT2D eigenvalue weighted by Crippen LogP contribution is -2.68. The summed E-state index contributed by atoms with van der Waals surface area (Å²) in [5, 5.41) is 120. The van der Waals surface area contributed by atoms with E-state index in [0.29, 0.717) is 31.1 Å². The van der Waals surface area contributed by atoms with E-state index in [2.05, 4.69) is 34.6 Å². The second-order valence-corrected chi connectivity index (χ2v) is 23.6. The summed E-state index contributed by atoms with van der Waals surface area (Å²) in [6.45, 7) is 19.2. The highest BCUT2D eigenvalue weighted by Crippen LogP contribution is 2.76. The minimum absolute atomic E-state index is 0.00811. The van der Waals surface area contributed by atoms with Crippen LogP contribution >= 0.6 is 0 Å². The smallest absolute Gasteiger partial charge is 0.187 e. The Labute approximate surface area is 384 Å². The average Bonchev–Trinajstić information content (AvgIpc) is 3.60. The monoisotopic (exact) mass is 933 g/mol. The van der Waals surface area contributed by atoms with Gasteiger partial charge in [-0.15, -0.1) is 0 Å². The van der Waals surface area contributed by atoms with Crippen LogP contribution in [0.15, 0.2) is 0 Å². The van der Waals surface area contributed by atoms with Crippen molar-refractivity contribution >= 4 is 0 Å². The molecular formula is C48H84O17. The van der Waals surface area contributed by atoms with Crippen LogP contribution in [0.3, 0.4) is 0 Å². The number of aliphatic hydroxyl groups excluding tert-OH is 9. The first-order valence-corrected chi connectivity index (χ1v) is 24.5. The van der Waals surface area contributed by atoms with Gasteiger partial charge in [-0.2, -0.15) is 0 Å². The molecule has 4 saturated carbocycles. The molecule has 3 aliphatic heterocycles. The van der Waals surface area contributed by atoms with Crippen LogP contribution in [0.5, 0.6) is 0 Å². The normalized spacial score (nSPS) is 52.8. The number of rotatable bonds is 12. The van der Waals surface area contributed by atoms with E-state index in [4.69, 9.17) is 28.4 Å². The molecule has 0 bridgehead atoms. The van der Waals surface area contributed by atoms with Crippen LogP contribution in [-0.4, -0.2) is 178 Å². The quantitative estimate of drug-likeness (QED) is 0.123. The Kier molecular flexibility index (Phi) is 14.8. The lowest BCUT2D eigenvalue weighted by molar-refractivity contribution is -0.397.